The minimum Gasteiger partial charge on any atom is -0.467 e. The maximum absolute atomic E-state index is 14.1. The maximum atomic E-state index is 14.1. The Kier molecular flexibility index (Phi) is 4.86. The third-order valence-electron chi connectivity index (χ3n) is 4.84. The van der Waals surface area contributed by atoms with Gasteiger partial charge in [-0.15, -0.1) is 4.68 Å². The number of rotatable bonds is 2. The number of nitrogens with zero attached hydrogens (tertiary/aromatic N) is 5. The topological polar surface area (TPSA) is 99.3 Å². The van der Waals surface area contributed by atoms with Crippen LogP contribution in [0.5, 0.6) is 0 Å². The van der Waals surface area contributed by atoms with Crippen molar-refractivity contribution in [3.8, 4) is 5.69 Å². The Morgan fingerprint density at radius 2 is 1.77 bits per heavy atom. The van der Waals surface area contributed by atoms with Crippen LogP contribution in [0.3, 0.4) is 0 Å². The molecule has 11 heteroatoms. The van der Waals surface area contributed by atoms with Crippen LogP contribution in [0.4, 0.5) is 19.3 Å². The predicted octanol–water partition coefficient (Wildman–Crippen LogP) is 1.67. The molecular weight excluding hydrogens is 400 g/mol. The highest BCUT2D eigenvalue weighted by atomic mass is 19.1. The molecule has 0 bridgehead atoms. The summed E-state index contributed by atoms with van der Waals surface area (Å²) < 4.78 is 33.6. The number of ether oxygens (including phenoxy) is 1. The largest absolute Gasteiger partial charge is 0.467 e. The molecule has 0 N–H and O–H groups in total. The second kappa shape index (κ2) is 7.50. The van der Waals surface area contributed by atoms with E-state index >= 15 is 0 Å². The number of hydrogen-bond donors (Lipinski definition) is 0. The molecule has 9 nitrogen and oxygen atoms in total. The number of tetrazole rings is 1. The molecule has 0 spiro atoms. The van der Waals surface area contributed by atoms with Crippen LogP contribution in [0.1, 0.15) is 12.0 Å². The fourth-order valence-corrected chi connectivity index (χ4v) is 3.44. The van der Waals surface area contributed by atoms with Crippen molar-refractivity contribution in [1.29, 1.82) is 0 Å². The number of methoxy groups -OCH3 is 1. The number of carbonyl (C=O) groups excluding carboxylic acids is 2. The quantitative estimate of drug-likeness (QED) is 0.466. The molecule has 0 saturated carbocycles. The standard InChI is InChI=1S/C19H15F2N5O4/c1-30-17(27)15-10-9-11-5-2-3-8-14(11)24(15)18(28)26-19(29)25(22-23-26)16-12(20)6-4-7-13(16)21/h2-8,15H,9-10H2,1H3. The Balaban J connectivity index is 1.82. The molecule has 4 rings (SSSR count). The first-order valence-electron chi connectivity index (χ1n) is 8.92. The van der Waals surface area contributed by atoms with Crippen LogP contribution in [0.2, 0.25) is 0 Å². The lowest BCUT2D eigenvalue weighted by atomic mass is 9.96. The molecule has 1 aliphatic rings. The van der Waals surface area contributed by atoms with Crippen molar-refractivity contribution in [3.05, 3.63) is 70.1 Å². The van der Waals surface area contributed by atoms with Crippen molar-refractivity contribution in [2.75, 3.05) is 12.0 Å². The highest BCUT2D eigenvalue weighted by Gasteiger charge is 2.38. The van der Waals surface area contributed by atoms with Gasteiger partial charge in [-0.05, 0) is 47.0 Å². The highest BCUT2D eigenvalue weighted by Crippen LogP contribution is 2.31. The van der Waals surface area contributed by atoms with E-state index in [1.54, 1.807) is 24.3 Å². The summed E-state index contributed by atoms with van der Waals surface area (Å²) in [5.41, 5.74) is -0.755. The van der Waals surface area contributed by atoms with E-state index in [0.29, 0.717) is 21.5 Å². The van der Waals surface area contributed by atoms with Gasteiger partial charge in [0.05, 0.1) is 7.11 Å². The zero-order valence-corrected chi connectivity index (χ0v) is 15.7. The number of amides is 1. The van der Waals surface area contributed by atoms with Gasteiger partial charge in [0.2, 0.25) is 0 Å². The molecule has 0 radical (unpaired) electrons. The average Bonchev–Trinajstić information content (AvgIpc) is 3.12. The summed E-state index contributed by atoms with van der Waals surface area (Å²) in [6.45, 7) is 0. The Morgan fingerprint density at radius 3 is 2.47 bits per heavy atom. The molecule has 1 aromatic heterocycles. The summed E-state index contributed by atoms with van der Waals surface area (Å²) in [6.07, 6.45) is 0.780. The molecule has 30 heavy (non-hydrogen) atoms. The molecule has 0 fully saturated rings. The third kappa shape index (κ3) is 3.04. The van der Waals surface area contributed by atoms with Gasteiger partial charge in [-0.3, -0.25) is 4.90 Å². The predicted molar refractivity (Wildman–Crippen MR) is 99.4 cm³/mol. The fraction of sp³-hybridized carbons (Fsp3) is 0.211. The van der Waals surface area contributed by atoms with Crippen LogP contribution in [-0.2, 0) is 16.0 Å². The molecule has 1 unspecified atom stereocenters. The van der Waals surface area contributed by atoms with Gasteiger partial charge in [-0.2, -0.15) is 4.68 Å². The number of esters is 1. The fourth-order valence-electron chi connectivity index (χ4n) is 3.44. The summed E-state index contributed by atoms with van der Waals surface area (Å²) >= 11 is 0. The smallest absolute Gasteiger partial charge is 0.377 e. The first-order chi connectivity index (χ1) is 14.4. The summed E-state index contributed by atoms with van der Waals surface area (Å²) in [7, 11) is 1.19. The average molecular weight is 415 g/mol. The second-order valence-electron chi connectivity index (χ2n) is 6.51. The number of anilines is 1. The van der Waals surface area contributed by atoms with E-state index in [0.717, 1.165) is 28.7 Å². The molecule has 2 heterocycles. The van der Waals surface area contributed by atoms with Gasteiger partial charge in [0.15, 0.2) is 11.6 Å². The van der Waals surface area contributed by atoms with E-state index < -0.39 is 41.1 Å². The molecule has 1 aliphatic heterocycles. The van der Waals surface area contributed by atoms with Crippen LogP contribution < -0.4 is 10.6 Å². The number of para-hydroxylation sites is 2. The Bertz CT molecular complexity index is 1190. The zero-order chi connectivity index (χ0) is 21.4. The molecule has 1 amide bonds. The molecule has 3 aromatic rings. The van der Waals surface area contributed by atoms with Crippen LogP contribution in [0.25, 0.3) is 5.69 Å². The number of aromatic nitrogens is 4. The maximum Gasteiger partial charge on any atom is 0.377 e. The summed E-state index contributed by atoms with van der Waals surface area (Å²) in [6, 6.07) is 7.88. The Hall–Kier alpha value is -3.89. The van der Waals surface area contributed by atoms with Crippen LogP contribution in [0.15, 0.2) is 47.3 Å². The minimum atomic E-state index is -1.18. The van der Waals surface area contributed by atoms with Crippen LogP contribution >= 0.6 is 0 Å². The molecule has 0 saturated heterocycles. The first-order valence-corrected chi connectivity index (χ1v) is 8.92. The van der Waals surface area contributed by atoms with E-state index in [1.807, 2.05) is 0 Å². The number of hydrogen-bond acceptors (Lipinski definition) is 6. The zero-order valence-electron chi connectivity index (χ0n) is 15.7. The van der Waals surface area contributed by atoms with E-state index in [-0.39, 0.29) is 6.42 Å². The Labute approximate surface area is 168 Å². The van der Waals surface area contributed by atoms with Crippen molar-refractivity contribution >= 4 is 17.7 Å². The lowest BCUT2D eigenvalue weighted by Crippen LogP contribution is -2.52. The van der Waals surface area contributed by atoms with Gasteiger partial charge in [0.1, 0.15) is 11.7 Å². The molecular formula is C19H15F2N5O4. The first kappa shape index (κ1) is 19.4. The van der Waals surface area contributed by atoms with Crippen molar-refractivity contribution in [1.82, 2.24) is 19.8 Å². The van der Waals surface area contributed by atoms with E-state index in [2.05, 4.69) is 10.4 Å². The van der Waals surface area contributed by atoms with Crippen molar-refractivity contribution < 1.29 is 23.1 Å². The Morgan fingerprint density at radius 1 is 1.07 bits per heavy atom. The molecule has 154 valence electrons. The van der Waals surface area contributed by atoms with Gasteiger partial charge in [-0.1, -0.05) is 24.3 Å². The van der Waals surface area contributed by atoms with Crippen molar-refractivity contribution in [2.24, 2.45) is 0 Å². The molecule has 2 aromatic carbocycles. The number of fused-ring (bicyclic) bond motifs is 1. The van der Waals surface area contributed by atoms with Gasteiger partial charge in [0, 0.05) is 5.69 Å². The number of aryl methyl sites for hydroxylation is 1. The summed E-state index contributed by atoms with van der Waals surface area (Å²) in [5, 5.41) is 6.93. The number of halogens is 2. The van der Waals surface area contributed by atoms with Gasteiger partial charge in [0.25, 0.3) is 0 Å². The summed E-state index contributed by atoms with van der Waals surface area (Å²) in [5.74, 6) is -2.77. The second-order valence-corrected chi connectivity index (χ2v) is 6.51. The SMILES string of the molecule is COC(=O)C1CCc2ccccc2N1C(=O)n1nnn(-c2c(F)cccc2F)c1=O. The van der Waals surface area contributed by atoms with Gasteiger partial charge >= 0.3 is 17.7 Å². The molecule has 0 aliphatic carbocycles. The minimum absolute atomic E-state index is 0.264. The van der Waals surface area contributed by atoms with E-state index in [1.165, 1.54) is 7.11 Å². The third-order valence-corrected chi connectivity index (χ3v) is 4.84. The van der Waals surface area contributed by atoms with Gasteiger partial charge in [-0.25, -0.2) is 23.2 Å². The van der Waals surface area contributed by atoms with E-state index in [4.69, 9.17) is 4.74 Å². The highest BCUT2D eigenvalue weighted by molar-refractivity contribution is 6.00. The lowest BCUT2D eigenvalue weighted by Gasteiger charge is -2.34. The molecule has 1 atom stereocenters. The van der Waals surface area contributed by atoms with E-state index in [9.17, 15) is 23.2 Å². The normalized spacial score (nSPS) is 15.6. The van der Waals surface area contributed by atoms with Crippen LogP contribution in [-0.4, -0.2) is 44.9 Å². The monoisotopic (exact) mass is 415 g/mol. The lowest BCUT2D eigenvalue weighted by molar-refractivity contribution is -0.142. The van der Waals surface area contributed by atoms with Crippen molar-refractivity contribution in [3.63, 3.8) is 0 Å². The van der Waals surface area contributed by atoms with Gasteiger partial charge < -0.3 is 4.74 Å². The van der Waals surface area contributed by atoms with Crippen LogP contribution in [0, 0.1) is 11.6 Å². The number of carbonyl (C=O) groups is 2. The summed E-state index contributed by atoms with van der Waals surface area (Å²) in [4.78, 5) is 39.3. The van der Waals surface area contributed by atoms with Crippen molar-refractivity contribution in [2.45, 2.75) is 18.9 Å². The number of benzene rings is 2.